The van der Waals surface area contributed by atoms with Crippen LogP contribution in [0.2, 0.25) is 5.02 Å². The number of aromatic nitrogens is 1. The highest BCUT2D eigenvalue weighted by Crippen LogP contribution is 2.07. The van der Waals surface area contributed by atoms with Crippen LogP contribution in [-0.4, -0.2) is 23.2 Å². The summed E-state index contributed by atoms with van der Waals surface area (Å²) in [5.74, 6) is 0. The third-order valence-electron chi connectivity index (χ3n) is 2.17. The first-order valence-corrected chi connectivity index (χ1v) is 6.67. The van der Waals surface area contributed by atoms with Crippen molar-refractivity contribution in [2.24, 2.45) is 0 Å². The van der Waals surface area contributed by atoms with E-state index >= 15 is 0 Å². The summed E-state index contributed by atoms with van der Waals surface area (Å²) in [6, 6.07) is 1.58. The highest BCUT2D eigenvalue weighted by atomic mass is 35.5. The molecule has 0 atom stereocenters. The third kappa shape index (κ3) is 6.43. The zero-order valence-corrected chi connectivity index (χ0v) is 12.6. The number of hydrogen-bond donors (Lipinski definition) is 2. The Morgan fingerprint density at radius 3 is 2.85 bits per heavy atom. The second-order valence-corrected chi connectivity index (χ2v) is 5.66. The van der Waals surface area contributed by atoms with Gasteiger partial charge in [-0.1, -0.05) is 23.8 Å². The number of rotatable bonds is 4. The van der Waals surface area contributed by atoms with Crippen molar-refractivity contribution in [3.63, 3.8) is 0 Å². The molecule has 0 fully saturated rings. The van der Waals surface area contributed by atoms with Gasteiger partial charge in [0, 0.05) is 18.3 Å². The lowest BCUT2D eigenvalue weighted by molar-refractivity contribution is 0.0529. The molecule has 0 aliphatic heterocycles. The van der Waals surface area contributed by atoms with Gasteiger partial charge in [0.1, 0.15) is 5.60 Å². The molecule has 0 aromatic carbocycles. The fraction of sp³-hybridized carbons (Fsp3) is 0.429. The lowest BCUT2D eigenvalue weighted by Gasteiger charge is -2.19. The Kier molecular flexibility index (Phi) is 5.82. The highest BCUT2D eigenvalue weighted by molar-refractivity contribution is 6.30. The number of nitrogens with one attached hydrogen (secondary N) is 2. The quantitative estimate of drug-likeness (QED) is 0.840. The SMILES string of the molecule is CC(C)(C)OC(=O)NCCC=Cc1cc(Cl)c[nH]c1=O. The maximum atomic E-state index is 11.4. The maximum Gasteiger partial charge on any atom is 0.407 e. The van der Waals surface area contributed by atoms with Gasteiger partial charge in [0.2, 0.25) is 0 Å². The number of aromatic amines is 1. The molecule has 110 valence electrons. The molecule has 20 heavy (non-hydrogen) atoms. The van der Waals surface area contributed by atoms with Crippen LogP contribution < -0.4 is 10.9 Å². The van der Waals surface area contributed by atoms with Crippen molar-refractivity contribution in [2.75, 3.05) is 6.54 Å². The van der Waals surface area contributed by atoms with Gasteiger partial charge in [0.15, 0.2) is 0 Å². The number of carbonyl (C=O) groups excluding carboxylic acids is 1. The van der Waals surface area contributed by atoms with Gasteiger partial charge in [-0.15, -0.1) is 0 Å². The van der Waals surface area contributed by atoms with Crippen molar-refractivity contribution in [3.8, 4) is 0 Å². The lowest BCUT2D eigenvalue weighted by Crippen LogP contribution is -2.32. The standard InChI is InChI=1S/C14H19ClN2O3/c1-14(2,3)20-13(19)16-7-5-4-6-10-8-11(15)9-17-12(10)18/h4,6,8-9H,5,7H2,1-3H3,(H,16,19)(H,17,18). The summed E-state index contributed by atoms with van der Waals surface area (Å²) in [6.45, 7) is 5.84. The van der Waals surface area contributed by atoms with E-state index in [1.165, 1.54) is 6.20 Å². The molecule has 0 saturated carbocycles. The van der Waals surface area contributed by atoms with Crippen molar-refractivity contribution in [3.05, 3.63) is 39.3 Å². The van der Waals surface area contributed by atoms with Crippen molar-refractivity contribution < 1.29 is 9.53 Å². The Labute approximate surface area is 123 Å². The normalized spacial score (nSPS) is 11.6. The van der Waals surface area contributed by atoms with Crippen LogP contribution in [0.25, 0.3) is 6.08 Å². The number of amides is 1. The second-order valence-electron chi connectivity index (χ2n) is 5.22. The Morgan fingerprint density at radius 2 is 2.20 bits per heavy atom. The third-order valence-corrected chi connectivity index (χ3v) is 2.39. The minimum absolute atomic E-state index is 0.203. The van der Waals surface area contributed by atoms with E-state index in [0.717, 1.165) is 0 Å². The van der Waals surface area contributed by atoms with Crippen molar-refractivity contribution >= 4 is 23.8 Å². The van der Waals surface area contributed by atoms with Crippen molar-refractivity contribution in [1.82, 2.24) is 10.3 Å². The predicted molar refractivity (Wildman–Crippen MR) is 80.0 cm³/mol. The number of halogens is 1. The predicted octanol–water partition coefficient (Wildman–Crippen LogP) is 2.96. The molecule has 1 aromatic rings. The molecule has 0 aliphatic rings. The largest absolute Gasteiger partial charge is 0.444 e. The fourth-order valence-corrected chi connectivity index (χ4v) is 1.55. The number of pyridine rings is 1. The van der Waals surface area contributed by atoms with Gasteiger partial charge in [-0.2, -0.15) is 0 Å². The van der Waals surface area contributed by atoms with Crippen LogP contribution in [0.1, 0.15) is 32.8 Å². The molecule has 0 unspecified atom stereocenters. The lowest BCUT2D eigenvalue weighted by atomic mass is 10.2. The molecular weight excluding hydrogens is 280 g/mol. The van der Waals surface area contributed by atoms with Crippen molar-refractivity contribution in [2.45, 2.75) is 32.8 Å². The topological polar surface area (TPSA) is 71.2 Å². The summed E-state index contributed by atoms with van der Waals surface area (Å²) in [5, 5.41) is 3.10. The zero-order chi connectivity index (χ0) is 15.2. The number of alkyl carbamates (subject to hydrolysis) is 1. The van der Waals surface area contributed by atoms with Crippen LogP contribution in [-0.2, 0) is 4.74 Å². The van der Waals surface area contributed by atoms with Crippen LogP contribution in [0.4, 0.5) is 4.79 Å². The number of hydrogen-bond acceptors (Lipinski definition) is 3. The molecule has 0 aliphatic carbocycles. The summed E-state index contributed by atoms with van der Waals surface area (Å²) < 4.78 is 5.09. The van der Waals surface area contributed by atoms with E-state index in [2.05, 4.69) is 10.3 Å². The first-order chi connectivity index (χ1) is 9.28. The molecule has 0 saturated heterocycles. The summed E-state index contributed by atoms with van der Waals surface area (Å²) in [6.07, 6.45) is 5.03. The number of ether oxygens (including phenoxy) is 1. The van der Waals surface area contributed by atoms with Crippen LogP contribution >= 0.6 is 11.6 Å². The zero-order valence-electron chi connectivity index (χ0n) is 11.8. The van der Waals surface area contributed by atoms with E-state index in [1.54, 1.807) is 39.0 Å². The Bertz CT molecular complexity index is 544. The van der Waals surface area contributed by atoms with E-state index in [9.17, 15) is 9.59 Å². The molecule has 1 aromatic heterocycles. The second kappa shape index (κ2) is 7.14. The average Bonchev–Trinajstić information content (AvgIpc) is 2.30. The minimum Gasteiger partial charge on any atom is -0.444 e. The van der Waals surface area contributed by atoms with Gasteiger partial charge < -0.3 is 15.0 Å². The van der Waals surface area contributed by atoms with Crippen LogP contribution in [0.3, 0.4) is 0 Å². The molecule has 1 heterocycles. The van der Waals surface area contributed by atoms with E-state index < -0.39 is 11.7 Å². The molecule has 6 heteroatoms. The molecule has 1 amide bonds. The summed E-state index contributed by atoms with van der Waals surface area (Å²) in [5.41, 5.74) is -0.228. The van der Waals surface area contributed by atoms with Gasteiger partial charge >= 0.3 is 6.09 Å². The first-order valence-electron chi connectivity index (χ1n) is 6.29. The molecule has 0 bridgehead atoms. The minimum atomic E-state index is -0.506. The molecule has 2 N–H and O–H groups in total. The molecule has 0 radical (unpaired) electrons. The van der Waals surface area contributed by atoms with Gasteiger partial charge in [-0.25, -0.2) is 4.79 Å². The maximum absolute atomic E-state index is 11.4. The molecular formula is C14H19ClN2O3. The van der Waals surface area contributed by atoms with Crippen molar-refractivity contribution in [1.29, 1.82) is 0 Å². The molecule has 5 nitrogen and oxygen atoms in total. The van der Waals surface area contributed by atoms with E-state index in [0.29, 0.717) is 23.6 Å². The number of H-pyrrole nitrogens is 1. The number of carbonyl (C=O) groups is 1. The summed E-state index contributed by atoms with van der Waals surface area (Å²) in [7, 11) is 0. The van der Waals surface area contributed by atoms with E-state index in [-0.39, 0.29) is 5.56 Å². The van der Waals surface area contributed by atoms with E-state index in [1.807, 2.05) is 0 Å². The van der Waals surface area contributed by atoms with Gasteiger partial charge in [0.25, 0.3) is 5.56 Å². The molecule has 0 spiro atoms. The van der Waals surface area contributed by atoms with Gasteiger partial charge in [0.05, 0.1) is 5.02 Å². The fourth-order valence-electron chi connectivity index (χ4n) is 1.38. The van der Waals surface area contributed by atoms with Crippen LogP contribution in [0, 0.1) is 0 Å². The monoisotopic (exact) mass is 298 g/mol. The summed E-state index contributed by atoms with van der Waals surface area (Å²) >= 11 is 5.78. The van der Waals surface area contributed by atoms with Gasteiger partial charge in [-0.05, 0) is 33.3 Å². The van der Waals surface area contributed by atoms with Gasteiger partial charge in [-0.3, -0.25) is 4.79 Å². The Balaban J connectivity index is 2.38. The highest BCUT2D eigenvalue weighted by Gasteiger charge is 2.15. The Hall–Kier alpha value is -1.75. The smallest absolute Gasteiger partial charge is 0.407 e. The van der Waals surface area contributed by atoms with E-state index in [4.69, 9.17) is 16.3 Å². The van der Waals surface area contributed by atoms with Crippen LogP contribution in [0.5, 0.6) is 0 Å². The average molecular weight is 299 g/mol. The molecule has 1 rings (SSSR count). The van der Waals surface area contributed by atoms with Crippen LogP contribution in [0.15, 0.2) is 23.1 Å². The Morgan fingerprint density at radius 1 is 1.50 bits per heavy atom. The first kappa shape index (κ1) is 16.3. The summed E-state index contributed by atoms with van der Waals surface area (Å²) in [4.78, 5) is 25.3.